The van der Waals surface area contributed by atoms with Crippen molar-refractivity contribution in [3.05, 3.63) is 38.4 Å². The molecule has 0 fully saturated rings. The molecule has 0 radical (unpaired) electrons. The number of halogens is 3. The molecule has 1 aromatic carbocycles. The molecular weight excluding hydrogens is 348 g/mol. The fourth-order valence-electron chi connectivity index (χ4n) is 1.13. The molecule has 0 unspecified atom stereocenters. The second kappa shape index (κ2) is 3.49. The molecule has 0 aliphatic heterocycles. The molecule has 13 heavy (non-hydrogen) atoms. The number of aromatic nitrogens is 1. The molecule has 0 amide bonds. The third kappa shape index (κ3) is 1.69. The van der Waals surface area contributed by atoms with Gasteiger partial charge in [-0.05, 0) is 50.7 Å². The van der Waals surface area contributed by atoms with Gasteiger partial charge in [0, 0.05) is 26.7 Å². The van der Waals surface area contributed by atoms with Crippen LogP contribution in [0.2, 0.25) is 0 Å². The lowest BCUT2D eigenvalue weighted by molar-refractivity contribution is 0.623. The van der Waals surface area contributed by atoms with E-state index in [0.717, 1.165) is 14.3 Å². The highest BCUT2D eigenvalue weighted by atomic mass is 127. The van der Waals surface area contributed by atoms with Crippen molar-refractivity contribution < 1.29 is 4.39 Å². The smallest absolute Gasteiger partial charge is 0.138 e. The van der Waals surface area contributed by atoms with E-state index < -0.39 is 0 Å². The van der Waals surface area contributed by atoms with Crippen LogP contribution >= 0.6 is 38.5 Å². The summed E-state index contributed by atoms with van der Waals surface area (Å²) in [5.74, 6) is -0.239. The highest BCUT2D eigenvalue weighted by Crippen LogP contribution is 2.25. The van der Waals surface area contributed by atoms with Gasteiger partial charge in [-0.3, -0.25) is 4.98 Å². The molecule has 0 aliphatic carbocycles. The van der Waals surface area contributed by atoms with Crippen molar-refractivity contribution in [2.24, 2.45) is 0 Å². The van der Waals surface area contributed by atoms with Crippen molar-refractivity contribution in [3.8, 4) is 0 Å². The SMILES string of the molecule is Fc1cc2c(I)cncc2cc1Br. The number of rotatable bonds is 0. The predicted octanol–water partition coefficient (Wildman–Crippen LogP) is 3.74. The van der Waals surface area contributed by atoms with Gasteiger partial charge in [-0.2, -0.15) is 0 Å². The monoisotopic (exact) mass is 351 g/mol. The zero-order chi connectivity index (χ0) is 9.42. The fraction of sp³-hybridized carbons (Fsp3) is 0. The highest BCUT2D eigenvalue weighted by Gasteiger charge is 2.04. The van der Waals surface area contributed by atoms with E-state index in [4.69, 9.17) is 0 Å². The van der Waals surface area contributed by atoms with Crippen LogP contribution in [0, 0.1) is 9.39 Å². The van der Waals surface area contributed by atoms with Crippen LogP contribution in [-0.4, -0.2) is 4.98 Å². The van der Waals surface area contributed by atoms with E-state index in [-0.39, 0.29) is 5.82 Å². The van der Waals surface area contributed by atoms with Gasteiger partial charge in [0.25, 0.3) is 0 Å². The zero-order valence-electron chi connectivity index (χ0n) is 6.39. The molecule has 0 saturated heterocycles. The lowest BCUT2D eigenvalue weighted by atomic mass is 10.2. The van der Waals surface area contributed by atoms with Gasteiger partial charge in [0.1, 0.15) is 5.82 Å². The van der Waals surface area contributed by atoms with Crippen molar-refractivity contribution in [2.45, 2.75) is 0 Å². The van der Waals surface area contributed by atoms with Crippen molar-refractivity contribution in [3.63, 3.8) is 0 Å². The van der Waals surface area contributed by atoms with E-state index in [2.05, 4.69) is 43.5 Å². The van der Waals surface area contributed by atoms with Crippen molar-refractivity contribution in [2.75, 3.05) is 0 Å². The third-order valence-corrected chi connectivity index (χ3v) is 3.22. The number of fused-ring (bicyclic) bond motifs is 1. The van der Waals surface area contributed by atoms with Crippen LogP contribution in [0.3, 0.4) is 0 Å². The Bertz CT molecular complexity index is 472. The van der Waals surface area contributed by atoms with Gasteiger partial charge < -0.3 is 0 Å². The molecule has 0 N–H and O–H groups in total. The first-order chi connectivity index (χ1) is 6.18. The molecule has 0 aliphatic rings. The van der Waals surface area contributed by atoms with Gasteiger partial charge >= 0.3 is 0 Å². The number of nitrogens with zero attached hydrogens (tertiary/aromatic N) is 1. The molecule has 1 heterocycles. The Morgan fingerprint density at radius 3 is 2.85 bits per heavy atom. The molecule has 4 heteroatoms. The average molecular weight is 352 g/mol. The summed E-state index contributed by atoms with van der Waals surface area (Å²) in [4.78, 5) is 4.03. The van der Waals surface area contributed by atoms with E-state index in [1.807, 2.05) is 0 Å². The summed E-state index contributed by atoms with van der Waals surface area (Å²) in [7, 11) is 0. The quantitative estimate of drug-likeness (QED) is 0.659. The second-order valence-electron chi connectivity index (χ2n) is 2.61. The first-order valence-electron chi connectivity index (χ1n) is 3.57. The Morgan fingerprint density at radius 2 is 2.08 bits per heavy atom. The first kappa shape index (κ1) is 9.33. The van der Waals surface area contributed by atoms with Gasteiger partial charge in [-0.25, -0.2) is 4.39 Å². The molecule has 2 aromatic rings. The first-order valence-corrected chi connectivity index (χ1v) is 5.44. The molecule has 0 atom stereocenters. The van der Waals surface area contributed by atoms with Gasteiger partial charge in [0.2, 0.25) is 0 Å². The summed E-state index contributed by atoms with van der Waals surface area (Å²) in [5.41, 5.74) is 0. The summed E-state index contributed by atoms with van der Waals surface area (Å²) in [6.07, 6.45) is 3.44. The van der Waals surface area contributed by atoms with E-state index in [0.29, 0.717) is 4.47 Å². The summed E-state index contributed by atoms with van der Waals surface area (Å²) in [5, 5.41) is 1.84. The van der Waals surface area contributed by atoms with Crippen LogP contribution in [0.5, 0.6) is 0 Å². The van der Waals surface area contributed by atoms with Gasteiger partial charge in [0.15, 0.2) is 0 Å². The van der Waals surface area contributed by atoms with Crippen molar-refractivity contribution in [1.82, 2.24) is 4.98 Å². The van der Waals surface area contributed by atoms with Crippen LogP contribution < -0.4 is 0 Å². The van der Waals surface area contributed by atoms with Crippen molar-refractivity contribution >= 4 is 49.3 Å². The zero-order valence-corrected chi connectivity index (χ0v) is 10.1. The summed E-state index contributed by atoms with van der Waals surface area (Å²) in [6, 6.07) is 3.25. The summed E-state index contributed by atoms with van der Waals surface area (Å²) in [6.45, 7) is 0. The van der Waals surface area contributed by atoms with Gasteiger partial charge in [-0.1, -0.05) is 0 Å². The Labute approximate surface area is 96.6 Å². The Balaban J connectivity index is 2.89. The summed E-state index contributed by atoms with van der Waals surface area (Å²) < 4.78 is 14.6. The normalized spacial score (nSPS) is 10.7. The van der Waals surface area contributed by atoms with E-state index in [1.165, 1.54) is 6.07 Å². The maximum atomic E-state index is 13.2. The molecule has 1 nitrogen and oxygen atoms in total. The highest BCUT2D eigenvalue weighted by molar-refractivity contribution is 14.1. The van der Waals surface area contributed by atoms with Crippen LogP contribution in [0.25, 0.3) is 10.8 Å². The van der Waals surface area contributed by atoms with Crippen LogP contribution in [-0.2, 0) is 0 Å². The number of hydrogen-bond donors (Lipinski definition) is 0. The minimum absolute atomic E-state index is 0.239. The minimum Gasteiger partial charge on any atom is -0.263 e. The number of benzene rings is 1. The largest absolute Gasteiger partial charge is 0.263 e. The van der Waals surface area contributed by atoms with Gasteiger partial charge in [0.05, 0.1) is 4.47 Å². The van der Waals surface area contributed by atoms with Crippen LogP contribution in [0.4, 0.5) is 4.39 Å². The molecule has 1 aromatic heterocycles. The standard InChI is InChI=1S/C9H4BrFIN/c10-7-1-5-3-13-4-9(12)6(5)2-8(7)11/h1-4H. The molecule has 0 bridgehead atoms. The Hall–Kier alpha value is -0.230. The topological polar surface area (TPSA) is 12.9 Å². The molecule has 66 valence electrons. The minimum atomic E-state index is -0.239. The lowest BCUT2D eigenvalue weighted by Crippen LogP contribution is -1.84. The van der Waals surface area contributed by atoms with E-state index in [1.54, 1.807) is 18.5 Å². The number of hydrogen-bond acceptors (Lipinski definition) is 1. The number of pyridine rings is 1. The third-order valence-electron chi connectivity index (χ3n) is 1.75. The molecular formula is C9H4BrFIN. The van der Waals surface area contributed by atoms with E-state index >= 15 is 0 Å². The van der Waals surface area contributed by atoms with Crippen molar-refractivity contribution in [1.29, 1.82) is 0 Å². The average Bonchev–Trinajstić information content (AvgIpc) is 2.09. The van der Waals surface area contributed by atoms with Crippen LogP contribution in [0.1, 0.15) is 0 Å². The Morgan fingerprint density at radius 1 is 1.31 bits per heavy atom. The predicted molar refractivity (Wildman–Crippen MR) is 62.1 cm³/mol. The second-order valence-corrected chi connectivity index (χ2v) is 4.63. The maximum absolute atomic E-state index is 13.2. The lowest BCUT2D eigenvalue weighted by Gasteiger charge is -2.01. The summed E-state index contributed by atoms with van der Waals surface area (Å²) >= 11 is 5.28. The fourth-order valence-corrected chi connectivity index (χ4v) is 2.12. The van der Waals surface area contributed by atoms with Gasteiger partial charge in [-0.15, -0.1) is 0 Å². The molecule has 0 saturated carbocycles. The maximum Gasteiger partial charge on any atom is 0.138 e. The van der Waals surface area contributed by atoms with E-state index in [9.17, 15) is 4.39 Å². The van der Waals surface area contributed by atoms with Crippen LogP contribution in [0.15, 0.2) is 29.0 Å². The Kier molecular flexibility index (Phi) is 2.51. The molecule has 2 rings (SSSR count). The molecule has 0 spiro atoms.